The normalized spacial score (nSPS) is 37.5. The molecule has 3 unspecified atom stereocenters. The van der Waals surface area contributed by atoms with Crippen LogP contribution in [0, 0.1) is 5.92 Å². The number of carbonyl (C=O) groups excluding carboxylic acids is 1. The largest absolute Gasteiger partial charge is 0.298 e. The SMILES string of the molecule is CC1CCCC(N(C)C2CCCC2=O)C1. The fourth-order valence-electron chi connectivity index (χ4n) is 3.25. The molecule has 86 valence electrons. The molecule has 15 heavy (non-hydrogen) atoms. The molecule has 0 amide bonds. The van der Waals surface area contributed by atoms with E-state index >= 15 is 0 Å². The van der Waals surface area contributed by atoms with Crippen LogP contribution in [0.2, 0.25) is 0 Å². The van der Waals surface area contributed by atoms with Gasteiger partial charge in [0.1, 0.15) is 5.78 Å². The molecular formula is C13H23NO. The van der Waals surface area contributed by atoms with Crippen LogP contribution in [0.25, 0.3) is 0 Å². The second kappa shape index (κ2) is 4.65. The first-order chi connectivity index (χ1) is 7.18. The number of ketones is 1. The van der Waals surface area contributed by atoms with Crippen LogP contribution in [0.15, 0.2) is 0 Å². The molecule has 0 aliphatic heterocycles. The number of Topliss-reactive ketones (excluding diaryl/α,β-unsaturated/α-hetero) is 1. The van der Waals surface area contributed by atoms with Crippen LogP contribution in [0.5, 0.6) is 0 Å². The summed E-state index contributed by atoms with van der Waals surface area (Å²) in [6.45, 7) is 2.34. The molecule has 0 heterocycles. The molecule has 0 saturated heterocycles. The summed E-state index contributed by atoms with van der Waals surface area (Å²) in [7, 11) is 2.16. The molecule has 2 heteroatoms. The summed E-state index contributed by atoms with van der Waals surface area (Å²) >= 11 is 0. The van der Waals surface area contributed by atoms with Crippen LogP contribution >= 0.6 is 0 Å². The third kappa shape index (κ3) is 2.41. The quantitative estimate of drug-likeness (QED) is 0.697. The molecule has 0 aromatic heterocycles. The number of carbonyl (C=O) groups is 1. The minimum atomic E-state index is 0.250. The number of hydrogen-bond acceptors (Lipinski definition) is 2. The topological polar surface area (TPSA) is 20.3 Å². The first-order valence-corrected chi connectivity index (χ1v) is 6.43. The van der Waals surface area contributed by atoms with E-state index in [9.17, 15) is 4.79 Å². The predicted molar refractivity (Wildman–Crippen MR) is 61.8 cm³/mol. The molecule has 0 N–H and O–H groups in total. The summed E-state index contributed by atoms with van der Waals surface area (Å²) in [5, 5.41) is 0. The Morgan fingerprint density at radius 2 is 2.00 bits per heavy atom. The molecule has 2 fully saturated rings. The molecule has 0 spiro atoms. The maximum Gasteiger partial charge on any atom is 0.149 e. The van der Waals surface area contributed by atoms with Crippen LogP contribution in [0.4, 0.5) is 0 Å². The molecule has 2 nitrogen and oxygen atoms in total. The molecule has 0 bridgehead atoms. The minimum Gasteiger partial charge on any atom is -0.298 e. The zero-order valence-corrected chi connectivity index (χ0v) is 10.0. The lowest BCUT2D eigenvalue weighted by Gasteiger charge is -2.37. The Kier molecular flexibility index (Phi) is 3.45. The Morgan fingerprint density at radius 3 is 2.60 bits per heavy atom. The van der Waals surface area contributed by atoms with Gasteiger partial charge in [-0.1, -0.05) is 19.8 Å². The third-order valence-electron chi connectivity index (χ3n) is 4.25. The lowest BCUT2D eigenvalue weighted by molar-refractivity contribution is -0.122. The molecule has 2 rings (SSSR count). The van der Waals surface area contributed by atoms with Crippen molar-refractivity contribution in [3.8, 4) is 0 Å². The summed E-state index contributed by atoms with van der Waals surface area (Å²) in [4.78, 5) is 14.1. The van der Waals surface area contributed by atoms with Gasteiger partial charge in [-0.15, -0.1) is 0 Å². The van der Waals surface area contributed by atoms with Crippen molar-refractivity contribution in [2.75, 3.05) is 7.05 Å². The van der Waals surface area contributed by atoms with Gasteiger partial charge in [-0.05, 0) is 38.6 Å². The maximum atomic E-state index is 11.7. The van der Waals surface area contributed by atoms with Crippen molar-refractivity contribution in [3.63, 3.8) is 0 Å². The lowest BCUT2D eigenvalue weighted by Crippen LogP contribution is -2.44. The van der Waals surface area contributed by atoms with E-state index in [4.69, 9.17) is 0 Å². The Balaban J connectivity index is 1.94. The molecule has 0 radical (unpaired) electrons. The van der Waals surface area contributed by atoms with E-state index in [1.165, 1.54) is 25.7 Å². The third-order valence-corrected chi connectivity index (χ3v) is 4.25. The average molecular weight is 209 g/mol. The van der Waals surface area contributed by atoms with Crippen molar-refractivity contribution < 1.29 is 4.79 Å². The number of likely N-dealkylation sites (N-methyl/N-ethyl adjacent to an activating group) is 1. The van der Waals surface area contributed by atoms with Gasteiger partial charge < -0.3 is 0 Å². The van der Waals surface area contributed by atoms with E-state index in [2.05, 4.69) is 18.9 Å². The van der Waals surface area contributed by atoms with Crippen LogP contribution in [-0.4, -0.2) is 29.8 Å². The van der Waals surface area contributed by atoms with Crippen molar-refractivity contribution in [1.82, 2.24) is 4.90 Å². The highest BCUT2D eigenvalue weighted by molar-refractivity contribution is 5.85. The first kappa shape index (κ1) is 11.1. The van der Waals surface area contributed by atoms with Crippen LogP contribution in [-0.2, 0) is 4.79 Å². The minimum absolute atomic E-state index is 0.250. The Hall–Kier alpha value is -0.370. The van der Waals surface area contributed by atoms with E-state index in [1.807, 2.05) is 0 Å². The molecular weight excluding hydrogens is 186 g/mol. The predicted octanol–water partition coefficient (Wildman–Crippen LogP) is 2.62. The molecule has 0 aromatic rings. The van der Waals surface area contributed by atoms with E-state index in [0.717, 1.165) is 25.2 Å². The Labute approximate surface area is 93.0 Å². The highest BCUT2D eigenvalue weighted by Crippen LogP contribution is 2.30. The molecule has 2 aliphatic carbocycles. The highest BCUT2D eigenvalue weighted by atomic mass is 16.1. The van der Waals surface area contributed by atoms with Crippen molar-refractivity contribution in [3.05, 3.63) is 0 Å². The summed E-state index contributed by atoms with van der Waals surface area (Å²) in [5.41, 5.74) is 0. The zero-order chi connectivity index (χ0) is 10.8. The van der Waals surface area contributed by atoms with Gasteiger partial charge in [-0.3, -0.25) is 9.69 Å². The van der Waals surface area contributed by atoms with Gasteiger partial charge in [0.25, 0.3) is 0 Å². The summed E-state index contributed by atoms with van der Waals surface area (Å²) < 4.78 is 0. The number of nitrogens with zero attached hydrogens (tertiary/aromatic N) is 1. The highest BCUT2D eigenvalue weighted by Gasteiger charge is 2.33. The van der Waals surface area contributed by atoms with Crippen LogP contribution < -0.4 is 0 Å². The van der Waals surface area contributed by atoms with Gasteiger partial charge in [0, 0.05) is 12.5 Å². The van der Waals surface area contributed by atoms with Gasteiger partial charge >= 0.3 is 0 Å². The Bertz CT molecular complexity index is 239. The van der Waals surface area contributed by atoms with E-state index < -0.39 is 0 Å². The van der Waals surface area contributed by atoms with E-state index in [-0.39, 0.29) is 6.04 Å². The van der Waals surface area contributed by atoms with Crippen molar-refractivity contribution in [1.29, 1.82) is 0 Å². The average Bonchev–Trinajstić information content (AvgIpc) is 2.63. The zero-order valence-electron chi connectivity index (χ0n) is 10.0. The first-order valence-electron chi connectivity index (χ1n) is 6.43. The van der Waals surface area contributed by atoms with Gasteiger partial charge in [-0.25, -0.2) is 0 Å². The molecule has 3 atom stereocenters. The van der Waals surface area contributed by atoms with Crippen molar-refractivity contribution in [2.24, 2.45) is 5.92 Å². The standard InChI is InChI=1S/C13H23NO/c1-10-5-3-6-11(9-10)14(2)12-7-4-8-13(12)15/h10-12H,3-9H2,1-2H3. The summed E-state index contributed by atoms with van der Waals surface area (Å²) in [6, 6.07) is 0.918. The lowest BCUT2D eigenvalue weighted by atomic mass is 9.86. The number of hydrogen-bond donors (Lipinski definition) is 0. The van der Waals surface area contributed by atoms with Gasteiger partial charge in [0.15, 0.2) is 0 Å². The van der Waals surface area contributed by atoms with Gasteiger partial charge in [0.05, 0.1) is 6.04 Å². The van der Waals surface area contributed by atoms with E-state index in [0.29, 0.717) is 11.8 Å². The second-order valence-corrected chi connectivity index (χ2v) is 5.47. The molecule has 2 aliphatic rings. The summed E-state index contributed by atoms with van der Waals surface area (Å²) in [5.74, 6) is 1.33. The maximum absolute atomic E-state index is 11.7. The van der Waals surface area contributed by atoms with Crippen LogP contribution in [0.3, 0.4) is 0 Å². The fourth-order valence-corrected chi connectivity index (χ4v) is 3.25. The van der Waals surface area contributed by atoms with Crippen molar-refractivity contribution >= 4 is 5.78 Å². The molecule has 0 aromatic carbocycles. The van der Waals surface area contributed by atoms with Gasteiger partial charge in [-0.2, -0.15) is 0 Å². The monoisotopic (exact) mass is 209 g/mol. The van der Waals surface area contributed by atoms with Crippen LogP contribution in [0.1, 0.15) is 51.9 Å². The molecule has 2 saturated carbocycles. The Morgan fingerprint density at radius 1 is 1.20 bits per heavy atom. The second-order valence-electron chi connectivity index (χ2n) is 5.47. The van der Waals surface area contributed by atoms with E-state index in [1.54, 1.807) is 0 Å². The number of rotatable bonds is 2. The van der Waals surface area contributed by atoms with Crippen molar-refractivity contribution in [2.45, 2.75) is 64.0 Å². The summed E-state index contributed by atoms with van der Waals surface area (Å²) in [6.07, 6.45) is 8.33. The smallest absolute Gasteiger partial charge is 0.149 e. The van der Waals surface area contributed by atoms with Gasteiger partial charge in [0.2, 0.25) is 0 Å². The fraction of sp³-hybridized carbons (Fsp3) is 0.923.